The first-order valence-corrected chi connectivity index (χ1v) is 7.80. The Labute approximate surface area is 133 Å². The Bertz CT molecular complexity index is 614. The zero-order valence-electron chi connectivity index (χ0n) is 13.2. The summed E-state index contributed by atoms with van der Waals surface area (Å²) in [5.74, 6) is -3.46. The van der Waals surface area contributed by atoms with Gasteiger partial charge in [-0.25, -0.2) is 8.78 Å². The van der Waals surface area contributed by atoms with Crippen molar-refractivity contribution < 1.29 is 23.5 Å². The van der Waals surface area contributed by atoms with Crippen LogP contribution in [-0.4, -0.2) is 22.5 Å². The Morgan fingerprint density at radius 1 is 1.26 bits per heavy atom. The molecular weight excluding hydrogens is 304 g/mol. The summed E-state index contributed by atoms with van der Waals surface area (Å²) >= 11 is 0. The standard InChI is InChI=1S/C17H21F2NO3/c1-3-17(4-2,9-15(21)22)20-16(23)12-8-11(12)10-5-6-13(18)14(19)7-10/h5-7,11-12H,3-4,8-9H2,1-2H3,(H,20,23)(H,21,22). The molecule has 0 bridgehead atoms. The summed E-state index contributed by atoms with van der Waals surface area (Å²) in [5.41, 5.74) is -0.162. The second kappa shape index (κ2) is 6.64. The van der Waals surface area contributed by atoms with Gasteiger partial charge in [0.25, 0.3) is 0 Å². The summed E-state index contributed by atoms with van der Waals surface area (Å²) in [7, 11) is 0. The Hall–Kier alpha value is -1.98. The molecule has 2 unspecified atom stereocenters. The number of hydrogen-bond acceptors (Lipinski definition) is 2. The van der Waals surface area contributed by atoms with E-state index in [4.69, 9.17) is 5.11 Å². The largest absolute Gasteiger partial charge is 0.481 e. The molecule has 0 spiro atoms. The molecule has 0 heterocycles. The van der Waals surface area contributed by atoms with E-state index in [2.05, 4.69) is 5.32 Å². The molecule has 1 fully saturated rings. The SMILES string of the molecule is CCC(CC)(CC(=O)O)NC(=O)C1CC1c1ccc(F)c(F)c1. The van der Waals surface area contributed by atoms with Gasteiger partial charge in [-0.1, -0.05) is 19.9 Å². The van der Waals surface area contributed by atoms with Crippen molar-refractivity contribution in [3.05, 3.63) is 35.4 Å². The summed E-state index contributed by atoms with van der Waals surface area (Å²) in [6.07, 6.45) is 1.47. The highest BCUT2D eigenvalue weighted by atomic mass is 19.2. The molecule has 0 aromatic heterocycles. The lowest BCUT2D eigenvalue weighted by Crippen LogP contribution is -2.49. The minimum atomic E-state index is -0.957. The highest BCUT2D eigenvalue weighted by Crippen LogP contribution is 2.48. The van der Waals surface area contributed by atoms with E-state index in [0.29, 0.717) is 24.8 Å². The maximum Gasteiger partial charge on any atom is 0.305 e. The molecule has 2 rings (SSSR count). The highest BCUT2D eigenvalue weighted by molar-refractivity contribution is 5.84. The molecule has 1 saturated carbocycles. The lowest BCUT2D eigenvalue weighted by atomic mass is 9.88. The summed E-state index contributed by atoms with van der Waals surface area (Å²) < 4.78 is 26.2. The topological polar surface area (TPSA) is 66.4 Å². The summed E-state index contributed by atoms with van der Waals surface area (Å²) in [6, 6.07) is 3.67. The van der Waals surface area contributed by atoms with Gasteiger partial charge in [0.2, 0.25) is 5.91 Å². The average Bonchev–Trinajstić information content (AvgIpc) is 3.29. The van der Waals surface area contributed by atoms with Gasteiger partial charge in [-0.3, -0.25) is 9.59 Å². The van der Waals surface area contributed by atoms with Crippen LogP contribution in [0.1, 0.15) is 51.0 Å². The number of benzene rings is 1. The van der Waals surface area contributed by atoms with Gasteiger partial charge in [0, 0.05) is 11.5 Å². The van der Waals surface area contributed by atoms with Gasteiger partial charge in [0.1, 0.15) is 0 Å². The maximum absolute atomic E-state index is 13.3. The van der Waals surface area contributed by atoms with Crippen molar-refractivity contribution in [2.24, 2.45) is 5.92 Å². The fourth-order valence-corrected chi connectivity index (χ4v) is 2.96. The smallest absolute Gasteiger partial charge is 0.305 e. The van der Waals surface area contributed by atoms with Gasteiger partial charge in [-0.05, 0) is 42.9 Å². The summed E-state index contributed by atoms with van der Waals surface area (Å²) in [6.45, 7) is 3.68. The van der Waals surface area contributed by atoms with Crippen molar-refractivity contribution in [3.8, 4) is 0 Å². The predicted octanol–water partition coefficient (Wildman–Crippen LogP) is 3.22. The number of halogens is 2. The number of carbonyl (C=O) groups is 2. The third-order valence-electron chi connectivity index (χ3n) is 4.73. The number of rotatable bonds is 7. The Morgan fingerprint density at radius 3 is 2.43 bits per heavy atom. The van der Waals surface area contributed by atoms with Crippen LogP contribution in [-0.2, 0) is 9.59 Å². The van der Waals surface area contributed by atoms with Gasteiger partial charge in [0.05, 0.1) is 6.42 Å². The number of carbonyl (C=O) groups excluding carboxylic acids is 1. The predicted molar refractivity (Wildman–Crippen MR) is 80.9 cm³/mol. The first kappa shape index (κ1) is 17.4. The molecule has 126 valence electrons. The summed E-state index contributed by atoms with van der Waals surface area (Å²) in [5, 5.41) is 11.9. The minimum absolute atomic E-state index is 0.131. The van der Waals surface area contributed by atoms with Gasteiger partial charge in [-0.15, -0.1) is 0 Å². The molecule has 6 heteroatoms. The van der Waals surface area contributed by atoms with E-state index in [9.17, 15) is 18.4 Å². The van der Waals surface area contributed by atoms with E-state index in [-0.39, 0.29) is 24.2 Å². The fourth-order valence-electron chi connectivity index (χ4n) is 2.96. The van der Waals surface area contributed by atoms with E-state index in [1.54, 1.807) is 0 Å². The van der Waals surface area contributed by atoms with Crippen LogP contribution in [0, 0.1) is 17.6 Å². The molecule has 0 saturated heterocycles. The van der Waals surface area contributed by atoms with Crippen LogP contribution in [0.3, 0.4) is 0 Å². The molecule has 1 aromatic carbocycles. The van der Waals surface area contributed by atoms with E-state index in [1.807, 2.05) is 13.8 Å². The number of carboxylic acids is 1. The molecule has 1 amide bonds. The minimum Gasteiger partial charge on any atom is -0.481 e. The lowest BCUT2D eigenvalue weighted by molar-refractivity contribution is -0.139. The van der Waals surface area contributed by atoms with Crippen LogP contribution < -0.4 is 5.32 Å². The quantitative estimate of drug-likeness (QED) is 0.809. The molecular formula is C17H21F2NO3. The van der Waals surface area contributed by atoms with Crippen molar-refractivity contribution in [1.82, 2.24) is 5.32 Å². The van der Waals surface area contributed by atoms with Crippen LogP contribution in [0.15, 0.2) is 18.2 Å². The second-order valence-electron chi connectivity index (χ2n) is 6.17. The molecule has 1 aliphatic carbocycles. The zero-order valence-corrected chi connectivity index (χ0v) is 13.2. The molecule has 2 N–H and O–H groups in total. The van der Waals surface area contributed by atoms with Crippen molar-refractivity contribution >= 4 is 11.9 Å². The van der Waals surface area contributed by atoms with Gasteiger partial charge < -0.3 is 10.4 Å². The van der Waals surface area contributed by atoms with Crippen LogP contribution in [0.5, 0.6) is 0 Å². The molecule has 0 radical (unpaired) electrons. The molecule has 2 atom stereocenters. The number of carboxylic acid groups (broad SMARTS) is 1. The van der Waals surface area contributed by atoms with Crippen LogP contribution in [0.25, 0.3) is 0 Å². The third kappa shape index (κ3) is 3.86. The second-order valence-corrected chi connectivity index (χ2v) is 6.17. The van der Waals surface area contributed by atoms with Crippen molar-refractivity contribution in [2.45, 2.75) is 51.0 Å². The van der Waals surface area contributed by atoms with Crippen LogP contribution >= 0.6 is 0 Å². The average molecular weight is 325 g/mol. The zero-order chi connectivity index (χ0) is 17.2. The molecule has 23 heavy (non-hydrogen) atoms. The summed E-state index contributed by atoms with van der Waals surface area (Å²) in [4.78, 5) is 23.4. The van der Waals surface area contributed by atoms with Crippen LogP contribution in [0.2, 0.25) is 0 Å². The molecule has 1 aliphatic rings. The molecule has 1 aromatic rings. The molecule has 0 aliphatic heterocycles. The first-order valence-electron chi connectivity index (χ1n) is 7.80. The van der Waals surface area contributed by atoms with Gasteiger partial charge in [0.15, 0.2) is 11.6 Å². The van der Waals surface area contributed by atoms with Crippen LogP contribution in [0.4, 0.5) is 8.78 Å². The van der Waals surface area contributed by atoms with E-state index in [0.717, 1.165) is 12.1 Å². The Morgan fingerprint density at radius 2 is 1.91 bits per heavy atom. The van der Waals surface area contributed by atoms with E-state index >= 15 is 0 Å². The number of hydrogen-bond donors (Lipinski definition) is 2. The van der Waals surface area contributed by atoms with Gasteiger partial charge >= 0.3 is 5.97 Å². The van der Waals surface area contributed by atoms with E-state index < -0.39 is 23.1 Å². The normalized spacial score (nSPS) is 20.2. The Kier molecular flexibility index (Phi) is 5.02. The van der Waals surface area contributed by atoms with Crippen molar-refractivity contribution in [1.29, 1.82) is 0 Å². The number of amides is 1. The molecule has 4 nitrogen and oxygen atoms in total. The van der Waals surface area contributed by atoms with Crippen molar-refractivity contribution in [3.63, 3.8) is 0 Å². The number of nitrogens with one attached hydrogen (secondary N) is 1. The van der Waals surface area contributed by atoms with Gasteiger partial charge in [-0.2, -0.15) is 0 Å². The maximum atomic E-state index is 13.3. The number of aliphatic carboxylic acids is 1. The monoisotopic (exact) mass is 325 g/mol. The Balaban J connectivity index is 2.04. The third-order valence-corrected chi connectivity index (χ3v) is 4.73. The first-order chi connectivity index (χ1) is 10.8. The van der Waals surface area contributed by atoms with E-state index in [1.165, 1.54) is 6.07 Å². The van der Waals surface area contributed by atoms with Crippen molar-refractivity contribution in [2.75, 3.05) is 0 Å². The lowest BCUT2D eigenvalue weighted by Gasteiger charge is -2.31. The highest BCUT2D eigenvalue weighted by Gasteiger charge is 2.46. The fraction of sp³-hybridized carbons (Fsp3) is 0.529.